The van der Waals surface area contributed by atoms with Crippen LogP contribution in [0.3, 0.4) is 0 Å². The van der Waals surface area contributed by atoms with E-state index in [0.29, 0.717) is 41.5 Å². The number of carbonyl (C=O) groups excluding carboxylic acids is 1. The van der Waals surface area contributed by atoms with E-state index in [9.17, 15) is 9.59 Å². The van der Waals surface area contributed by atoms with Crippen molar-refractivity contribution in [1.82, 2.24) is 14.9 Å². The van der Waals surface area contributed by atoms with E-state index < -0.39 is 0 Å². The number of hydrogen-bond acceptors (Lipinski definition) is 4. The molecule has 6 nitrogen and oxygen atoms in total. The van der Waals surface area contributed by atoms with Crippen molar-refractivity contribution < 1.29 is 9.53 Å². The van der Waals surface area contributed by atoms with Crippen LogP contribution in [0.2, 0.25) is 5.02 Å². The van der Waals surface area contributed by atoms with Crippen molar-refractivity contribution in [3.05, 3.63) is 92.6 Å². The lowest BCUT2D eigenvalue weighted by molar-refractivity contribution is -0.134. The summed E-state index contributed by atoms with van der Waals surface area (Å²) in [4.78, 5) is 34.2. The Bertz CT molecular complexity index is 1060. The van der Waals surface area contributed by atoms with E-state index in [1.165, 1.54) is 0 Å². The highest BCUT2D eigenvalue weighted by molar-refractivity contribution is 6.30. The number of nitrogens with zero attached hydrogens (tertiary/aromatic N) is 2. The highest BCUT2D eigenvalue weighted by Crippen LogP contribution is 2.17. The number of benzene rings is 2. The van der Waals surface area contributed by atoms with Gasteiger partial charge in [-0.2, -0.15) is 0 Å². The van der Waals surface area contributed by atoms with Crippen LogP contribution in [-0.2, 0) is 24.2 Å². The SMILES string of the molecule is O=C(COc1ccc(Cl)cc1)N1CCc2nc(Cc3ccccc3)[nH]c(=O)c2C1. The third-order valence-corrected chi connectivity index (χ3v) is 5.11. The lowest BCUT2D eigenvalue weighted by Gasteiger charge is -2.27. The van der Waals surface area contributed by atoms with Crippen molar-refractivity contribution in [2.24, 2.45) is 0 Å². The Labute approximate surface area is 173 Å². The lowest BCUT2D eigenvalue weighted by atomic mass is 10.1. The van der Waals surface area contributed by atoms with Gasteiger partial charge in [-0.3, -0.25) is 9.59 Å². The number of fused-ring (bicyclic) bond motifs is 1. The summed E-state index contributed by atoms with van der Waals surface area (Å²) in [5.74, 6) is 1.05. The van der Waals surface area contributed by atoms with Gasteiger partial charge < -0.3 is 14.6 Å². The van der Waals surface area contributed by atoms with Crippen molar-refractivity contribution in [3.8, 4) is 5.75 Å². The van der Waals surface area contributed by atoms with E-state index >= 15 is 0 Å². The summed E-state index contributed by atoms with van der Waals surface area (Å²) >= 11 is 5.85. The minimum Gasteiger partial charge on any atom is -0.484 e. The number of hydrogen-bond donors (Lipinski definition) is 1. The Morgan fingerprint density at radius 1 is 1.14 bits per heavy atom. The van der Waals surface area contributed by atoms with E-state index in [2.05, 4.69) is 9.97 Å². The lowest BCUT2D eigenvalue weighted by Crippen LogP contribution is -2.41. The topological polar surface area (TPSA) is 75.3 Å². The monoisotopic (exact) mass is 409 g/mol. The molecule has 1 amide bonds. The molecule has 1 N–H and O–H groups in total. The predicted molar refractivity (Wildman–Crippen MR) is 110 cm³/mol. The molecule has 7 heteroatoms. The number of halogens is 1. The first kappa shape index (κ1) is 19.2. The second-order valence-electron chi connectivity index (χ2n) is 6.91. The Kier molecular flexibility index (Phi) is 5.62. The van der Waals surface area contributed by atoms with E-state index in [1.54, 1.807) is 29.2 Å². The Morgan fingerprint density at radius 3 is 2.66 bits per heavy atom. The number of amides is 1. The molecule has 0 saturated heterocycles. The summed E-state index contributed by atoms with van der Waals surface area (Å²) < 4.78 is 5.53. The van der Waals surface area contributed by atoms with Gasteiger partial charge in [0.05, 0.1) is 17.8 Å². The Balaban J connectivity index is 1.42. The van der Waals surface area contributed by atoms with Gasteiger partial charge in [0, 0.05) is 24.4 Å². The largest absolute Gasteiger partial charge is 0.484 e. The van der Waals surface area contributed by atoms with Gasteiger partial charge in [-0.05, 0) is 29.8 Å². The van der Waals surface area contributed by atoms with Crippen LogP contribution in [0, 0.1) is 0 Å². The van der Waals surface area contributed by atoms with Crippen LogP contribution in [-0.4, -0.2) is 33.9 Å². The highest BCUT2D eigenvalue weighted by Gasteiger charge is 2.24. The van der Waals surface area contributed by atoms with Crippen LogP contribution in [0.1, 0.15) is 22.6 Å². The molecule has 29 heavy (non-hydrogen) atoms. The third-order valence-electron chi connectivity index (χ3n) is 4.86. The van der Waals surface area contributed by atoms with Crippen LogP contribution in [0.4, 0.5) is 0 Å². The van der Waals surface area contributed by atoms with Crippen molar-refractivity contribution in [3.63, 3.8) is 0 Å². The molecule has 0 spiro atoms. The second kappa shape index (κ2) is 8.49. The van der Waals surface area contributed by atoms with Gasteiger partial charge in [0.15, 0.2) is 6.61 Å². The second-order valence-corrected chi connectivity index (χ2v) is 7.34. The van der Waals surface area contributed by atoms with Crippen LogP contribution in [0.25, 0.3) is 0 Å². The molecule has 0 aliphatic carbocycles. The summed E-state index contributed by atoms with van der Waals surface area (Å²) in [6.07, 6.45) is 1.12. The first-order valence-corrected chi connectivity index (χ1v) is 9.77. The zero-order valence-electron chi connectivity index (χ0n) is 15.7. The quantitative estimate of drug-likeness (QED) is 0.703. The number of aromatic amines is 1. The molecule has 0 saturated carbocycles. The maximum atomic E-state index is 12.6. The predicted octanol–water partition coefficient (Wildman–Crippen LogP) is 2.98. The van der Waals surface area contributed by atoms with Crippen LogP contribution in [0.15, 0.2) is 59.4 Å². The van der Waals surface area contributed by atoms with E-state index in [4.69, 9.17) is 16.3 Å². The highest BCUT2D eigenvalue weighted by atomic mass is 35.5. The van der Waals surface area contributed by atoms with Gasteiger partial charge in [0.1, 0.15) is 11.6 Å². The maximum absolute atomic E-state index is 12.6. The fourth-order valence-electron chi connectivity index (χ4n) is 3.33. The molecule has 2 aromatic carbocycles. The standard InChI is InChI=1S/C22H20ClN3O3/c23-16-6-8-17(9-7-16)29-14-21(27)26-11-10-19-18(13-26)22(28)25-20(24-19)12-15-4-2-1-3-5-15/h1-9H,10-14H2,(H,24,25,28). The van der Waals surface area contributed by atoms with E-state index in [1.807, 2.05) is 30.3 Å². The third kappa shape index (κ3) is 4.66. The normalized spacial score (nSPS) is 13.1. The molecule has 4 rings (SSSR count). The molecule has 1 aromatic heterocycles. The molecule has 1 aliphatic heterocycles. The molecule has 1 aliphatic rings. The molecular formula is C22H20ClN3O3. The Morgan fingerprint density at radius 2 is 1.90 bits per heavy atom. The number of nitrogens with one attached hydrogen (secondary N) is 1. The first-order chi connectivity index (χ1) is 14.1. The number of carbonyl (C=O) groups is 1. The molecule has 3 aromatic rings. The maximum Gasteiger partial charge on any atom is 0.260 e. The van der Waals surface area contributed by atoms with Crippen molar-refractivity contribution >= 4 is 17.5 Å². The summed E-state index contributed by atoms with van der Waals surface area (Å²) in [7, 11) is 0. The summed E-state index contributed by atoms with van der Waals surface area (Å²) in [5, 5.41) is 0.606. The zero-order valence-corrected chi connectivity index (χ0v) is 16.5. The minimum atomic E-state index is -0.183. The molecule has 0 atom stereocenters. The van der Waals surface area contributed by atoms with Gasteiger partial charge in [-0.25, -0.2) is 4.98 Å². The zero-order chi connectivity index (χ0) is 20.2. The van der Waals surface area contributed by atoms with Crippen molar-refractivity contribution in [2.45, 2.75) is 19.4 Å². The number of ether oxygens (including phenoxy) is 1. The van der Waals surface area contributed by atoms with Gasteiger partial charge in [0.2, 0.25) is 0 Å². The first-order valence-electron chi connectivity index (χ1n) is 9.39. The number of H-pyrrole nitrogens is 1. The number of rotatable bonds is 5. The molecule has 0 bridgehead atoms. The van der Waals surface area contributed by atoms with Gasteiger partial charge in [-0.1, -0.05) is 41.9 Å². The smallest absolute Gasteiger partial charge is 0.260 e. The average molecular weight is 410 g/mol. The number of aromatic nitrogens is 2. The Hall–Kier alpha value is -3.12. The van der Waals surface area contributed by atoms with Gasteiger partial charge in [0.25, 0.3) is 11.5 Å². The van der Waals surface area contributed by atoms with Crippen molar-refractivity contribution in [2.75, 3.05) is 13.2 Å². The molecule has 2 heterocycles. The summed E-state index contributed by atoms with van der Waals surface area (Å²) in [5.41, 5.74) is 2.22. The summed E-state index contributed by atoms with van der Waals surface area (Å²) in [6.45, 7) is 0.664. The summed E-state index contributed by atoms with van der Waals surface area (Å²) in [6, 6.07) is 16.7. The van der Waals surface area contributed by atoms with Crippen LogP contribution in [0.5, 0.6) is 5.75 Å². The van der Waals surface area contributed by atoms with Crippen molar-refractivity contribution in [1.29, 1.82) is 0 Å². The fraction of sp³-hybridized carbons (Fsp3) is 0.227. The average Bonchev–Trinajstić information content (AvgIpc) is 2.74. The molecular weight excluding hydrogens is 390 g/mol. The molecule has 0 radical (unpaired) electrons. The van der Waals surface area contributed by atoms with E-state index in [0.717, 1.165) is 11.3 Å². The van der Waals surface area contributed by atoms with Gasteiger partial charge in [-0.15, -0.1) is 0 Å². The molecule has 148 valence electrons. The fourth-order valence-corrected chi connectivity index (χ4v) is 3.46. The molecule has 0 unspecified atom stereocenters. The van der Waals surface area contributed by atoms with E-state index in [-0.39, 0.29) is 24.6 Å². The van der Waals surface area contributed by atoms with Gasteiger partial charge >= 0.3 is 0 Å². The molecule has 0 fully saturated rings. The van der Waals surface area contributed by atoms with Crippen LogP contribution < -0.4 is 10.3 Å². The minimum absolute atomic E-state index is 0.0889. The van der Waals surface area contributed by atoms with Crippen LogP contribution >= 0.6 is 11.6 Å².